The number of piperidine rings is 1. The summed E-state index contributed by atoms with van der Waals surface area (Å²) in [6, 6.07) is 13.3. The van der Waals surface area contributed by atoms with Crippen molar-refractivity contribution in [1.82, 2.24) is 14.9 Å². The van der Waals surface area contributed by atoms with Gasteiger partial charge in [-0.3, -0.25) is 9.59 Å². The molecule has 9 heteroatoms. The Morgan fingerprint density at radius 2 is 2.12 bits per heavy atom. The average Bonchev–Trinajstić information content (AvgIpc) is 3.55. The molecule has 0 bridgehead atoms. The summed E-state index contributed by atoms with van der Waals surface area (Å²) >= 11 is 3.02. The van der Waals surface area contributed by atoms with Crippen molar-refractivity contribution in [2.24, 2.45) is 5.92 Å². The van der Waals surface area contributed by atoms with Gasteiger partial charge in [-0.1, -0.05) is 12.1 Å². The lowest BCUT2D eigenvalue weighted by molar-refractivity contribution is -0.125. The Morgan fingerprint density at radius 1 is 1.21 bits per heavy atom. The number of methoxy groups -OCH3 is 1. The normalized spacial score (nSPS) is 16.2. The number of hydrogen-bond acceptors (Lipinski definition) is 7. The van der Waals surface area contributed by atoms with Crippen LogP contribution in [-0.4, -0.2) is 35.7 Å². The van der Waals surface area contributed by atoms with E-state index in [0.717, 1.165) is 24.3 Å². The van der Waals surface area contributed by atoms with E-state index < -0.39 is 0 Å². The topological polar surface area (TPSA) is 76.5 Å². The molecule has 1 fully saturated rings. The molecule has 4 heterocycles. The number of carbonyl (C=O) groups excluding carboxylic acids is 1. The number of nitrogens with zero attached hydrogens (tertiary/aromatic N) is 3. The van der Waals surface area contributed by atoms with E-state index in [9.17, 15) is 9.59 Å². The minimum atomic E-state index is -0.160. The zero-order chi connectivity index (χ0) is 22.8. The predicted molar refractivity (Wildman–Crippen MR) is 133 cm³/mol. The molecular formula is C24H24N4O3S2. The first-order valence-corrected chi connectivity index (χ1v) is 12.6. The van der Waals surface area contributed by atoms with Crippen molar-refractivity contribution in [3.05, 3.63) is 68.5 Å². The van der Waals surface area contributed by atoms with Crippen LogP contribution < -0.4 is 20.5 Å². The van der Waals surface area contributed by atoms with Crippen LogP contribution in [-0.2, 0) is 11.3 Å². The maximum atomic E-state index is 13.5. The number of aromatic nitrogens is 2. The molecule has 1 aliphatic heterocycles. The molecule has 4 aromatic rings. The van der Waals surface area contributed by atoms with Gasteiger partial charge in [-0.25, -0.2) is 9.55 Å². The van der Waals surface area contributed by atoms with Crippen LogP contribution in [0.3, 0.4) is 0 Å². The molecule has 1 saturated heterocycles. The van der Waals surface area contributed by atoms with Crippen LogP contribution in [0.5, 0.6) is 5.75 Å². The Morgan fingerprint density at radius 3 is 2.94 bits per heavy atom. The van der Waals surface area contributed by atoms with Crippen LogP contribution in [0.15, 0.2) is 58.0 Å². The average molecular weight is 481 g/mol. The van der Waals surface area contributed by atoms with Crippen molar-refractivity contribution in [3.8, 4) is 11.4 Å². The summed E-state index contributed by atoms with van der Waals surface area (Å²) in [6.45, 7) is 1.80. The van der Waals surface area contributed by atoms with Crippen LogP contribution in [0.4, 0.5) is 5.95 Å². The predicted octanol–water partition coefficient (Wildman–Crippen LogP) is 4.05. The van der Waals surface area contributed by atoms with Gasteiger partial charge in [0.05, 0.1) is 30.8 Å². The summed E-state index contributed by atoms with van der Waals surface area (Å²) in [4.78, 5) is 34.5. The quantitative estimate of drug-likeness (QED) is 0.451. The third kappa shape index (κ3) is 4.38. The SMILES string of the molecule is COc1cccc(-n2c(N3CCC[C@H](C(=O)NCc4cccs4)C3)nc3ccsc3c2=O)c1. The van der Waals surface area contributed by atoms with E-state index in [-0.39, 0.29) is 17.4 Å². The highest BCUT2D eigenvalue weighted by atomic mass is 32.1. The smallest absolute Gasteiger partial charge is 0.277 e. The molecule has 1 aromatic carbocycles. The van der Waals surface area contributed by atoms with Gasteiger partial charge in [0.25, 0.3) is 5.56 Å². The maximum Gasteiger partial charge on any atom is 0.277 e. The molecule has 1 aliphatic rings. The molecule has 33 heavy (non-hydrogen) atoms. The number of nitrogens with one attached hydrogen (secondary N) is 1. The maximum absolute atomic E-state index is 13.5. The number of thiophene rings is 2. The molecule has 0 aliphatic carbocycles. The van der Waals surface area contributed by atoms with E-state index >= 15 is 0 Å². The van der Waals surface area contributed by atoms with Gasteiger partial charge in [0, 0.05) is 24.0 Å². The van der Waals surface area contributed by atoms with Gasteiger partial charge in [0.1, 0.15) is 10.4 Å². The molecule has 1 N–H and O–H groups in total. The second-order valence-corrected chi connectivity index (χ2v) is 9.92. The Labute approximate surface area is 199 Å². The van der Waals surface area contributed by atoms with Gasteiger partial charge in [-0.2, -0.15) is 0 Å². The summed E-state index contributed by atoms with van der Waals surface area (Å²) < 4.78 is 7.64. The summed E-state index contributed by atoms with van der Waals surface area (Å²) in [5, 5.41) is 6.96. The Bertz CT molecular complexity index is 1330. The highest BCUT2D eigenvalue weighted by Gasteiger charge is 2.29. The Kier molecular flexibility index (Phi) is 6.15. The van der Waals surface area contributed by atoms with Gasteiger partial charge >= 0.3 is 0 Å². The molecule has 0 radical (unpaired) electrons. The van der Waals surface area contributed by atoms with Crippen molar-refractivity contribution in [2.75, 3.05) is 25.1 Å². The molecule has 0 unspecified atom stereocenters. The van der Waals surface area contributed by atoms with E-state index in [0.29, 0.717) is 40.7 Å². The number of amides is 1. The van der Waals surface area contributed by atoms with Gasteiger partial charge in [0.15, 0.2) is 0 Å². The summed E-state index contributed by atoms with van der Waals surface area (Å²) in [6.07, 6.45) is 1.67. The van der Waals surface area contributed by atoms with E-state index in [4.69, 9.17) is 9.72 Å². The lowest BCUT2D eigenvalue weighted by Crippen LogP contribution is -2.45. The Hall–Kier alpha value is -3.17. The fourth-order valence-corrected chi connectivity index (χ4v) is 5.60. The minimum Gasteiger partial charge on any atom is -0.497 e. The molecule has 170 valence electrons. The number of ether oxygens (including phenoxy) is 1. The van der Waals surface area contributed by atoms with Crippen LogP contribution in [0.2, 0.25) is 0 Å². The summed E-state index contributed by atoms with van der Waals surface area (Å²) in [5.41, 5.74) is 1.27. The van der Waals surface area contributed by atoms with E-state index in [1.54, 1.807) is 23.0 Å². The largest absolute Gasteiger partial charge is 0.497 e. The van der Waals surface area contributed by atoms with Gasteiger partial charge in [0.2, 0.25) is 11.9 Å². The molecule has 5 rings (SSSR count). The lowest BCUT2D eigenvalue weighted by atomic mass is 9.97. The second kappa shape index (κ2) is 9.36. The van der Waals surface area contributed by atoms with E-state index in [1.165, 1.54) is 11.3 Å². The van der Waals surface area contributed by atoms with E-state index in [1.807, 2.05) is 53.2 Å². The monoisotopic (exact) mass is 480 g/mol. The molecule has 1 atom stereocenters. The van der Waals surface area contributed by atoms with E-state index in [2.05, 4.69) is 10.2 Å². The number of anilines is 1. The number of benzene rings is 1. The van der Waals surface area contributed by atoms with Crippen LogP contribution >= 0.6 is 22.7 Å². The van der Waals surface area contributed by atoms with Crippen molar-refractivity contribution in [1.29, 1.82) is 0 Å². The number of fused-ring (bicyclic) bond motifs is 1. The lowest BCUT2D eigenvalue weighted by Gasteiger charge is -2.34. The number of carbonyl (C=O) groups is 1. The van der Waals surface area contributed by atoms with Crippen LogP contribution in [0.25, 0.3) is 15.9 Å². The highest BCUT2D eigenvalue weighted by molar-refractivity contribution is 7.17. The van der Waals surface area contributed by atoms with Crippen molar-refractivity contribution >= 4 is 44.7 Å². The third-order valence-electron chi connectivity index (χ3n) is 5.87. The molecule has 3 aromatic heterocycles. The fourth-order valence-electron chi connectivity index (χ4n) is 4.20. The molecule has 1 amide bonds. The standard InChI is InChI=1S/C24H24N4O3S2/c1-31-18-7-2-6-17(13-18)28-23(30)21-20(9-12-33-21)26-24(28)27-10-3-5-16(15-27)22(29)25-14-19-8-4-11-32-19/h2,4,6-9,11-13,16H,3,5,10,14-15H2,1H3,(H,25,29)/t16-/m0/s1. The fraction of sp³-hybridized carbons (Fsp3) is 0.292. The van der Waals surface area contributed by atoms with Crippen molar-refractivity contribution in [3.63, 3.8) is 0 Å². The van der Waals surface area contributed by atoms with Gasteiger partial charge in [-0.15, -0.1) is 22.7 Å². The zero-order valence-corrected chi connectivity index (χ0v) is 19.8. The molecular weight excluding hydrogens is 456 g/mol. The molecule has 0 saturated carbocycles. The first kappa shape index (κ1) is 21.7. The van der Waals surface area contributed by atoms with Gasteiger partial charge < -0.3 is 15.0 Å². The number of hydrogen-bond donors (Lipinski definition) is 1. The first-order chi connectivity index (χ1) is 16.1. The Balaban J connectivity index is 1.48. The minimum absolute atomic E-state index is 0.0417. The zero-order valence-electron chi connectivity index (χ0n) is 18.2. The number of rotatable bonds is 6. The highest BCUT2D eigenvalue weighted by Crippen LogP contribution is 2.27. The van der Waals surface area contributed by atoms with Crippen LogP contribution in [0.1, 0.15) is 17.7 Å². The first-order valence-electron chi connectivity index (χ1n) is 10.8. The summed E-state index contributed by atoms with van der Waals surface area (Å²) in [5.74, 6) is 1.11. The second-order valence-electron chi connectivity index (χ2n) is 7.97. The van der Waals surface area contributed by atoms with Crippen molar-refractivity contribution < 1.29 is 9.53 Å². The molecule has 0 spiro atoms. The van der Waals surface area contributed by atoms with Crippen LogP contribution in [0, 0.1) is 5.92 Å². The van der Waals surface area contributed by atoms with Crippen molar-refractivity contribution in [2.45, 2.75) is 19.4 Å². The third-order valence-corrected chi connectivity index (χ3v) is 7.63. The summed E-state index contributed by atoms with van der Waals surface area (Å²) in [7, 11) is 1.60. The van der Waals surface area contributed by atoms with Gasteiger partial charge in [-0.05, 0) is 47.9 Å². The molecule has 7 nitrogen and oxygen atoms in total.